The number of rotatable bonds is 7. The maximum atomic E-state index is 12.6. The number of anilines is 1. The fourth-order valence-electron chi connectivity index (χ4n) is 5.16. The SMILES string of the molecule is CC1=Nc2cc(-c3ccc4c(c3)CN(c3nc(CNCCF)nc(C)c3C(C)C)CCO4)ccc2C1. The highest BCUT2D eigenvalue weighted by molar-refractivity contribution is 5.93. The standard InChI is InChI=1S/C29H34FN5O/c1-18(2)28-20(4)33-27(16-31-10-9-30)34-29(28)35-11-12-36-26-8-7-21(14-24(26)17-35)22-5-6-23-13-19(3)32-25(23)15-22/h5-8,14-15,18,31H,9-13,16-17H2,1-4H3. The number of aliphatic imine (C=N–C) groups is 1. The minimum absolute atomic E-state index is 0.276. The largest absolute Gasteiger partial charge is 0.491 e. The van der Waals surface area contributed by atoms with Crippen LogP contribution in [-0.4, -0.2) is 42.1 Å². The van der Waals surface area contributed by atoms with Crippen LogP contribution in [0.25, 0.3) is 11.1 Å². The molecule has 0 fully saturated rings. The summed E-state index contributed by atoms with van der Waals surface area (Å²) in [4.78, 5) is 16.7. The molecule has 3 aromatic rings. The first kappa shape index (κ1) is 24.4. The first-order valence-electron chi connectivity index (χ1n) is 12.7. The Balaban J connectivity index is 1.48. The zero-order chi connectivity index (χ0) is 25.2. The van der Waals surface area contributed by atoms with Gasteiger partial charge in [0, 0.05) is 42.0 Å². The molecule has 3 heterocycles. The molecule has 0 bridgehead atoms. The minimum atomic E-state index is -0.408. The molecule has 0 saturated heterocycles. The molecule has 0 amide bonds. The fraction of sp³-hybridized carbons (Fsp3) is 0.414. The first-order chi connectivity index (χ1) is 17.4. The zero-order valence-electron chi connectivity index (χ0n) is 21.6. The number of hydrogen-bond donors (Lipinski definition) is 1. The smallest absolute Gasteiger partial charge is 0.144 e. The molecule has 0 unspecified atom stereocenters. The number of fused-ring (bicyclic) bond motifs is 2. The molecule has 5 rings (SSSR count). The van der Waals surface area contributed by atoms with Gasteiger partial charge in [0.05, 0.1) is 18.8 Å². The molecule has 2 aromatic carbocycles. The summed E-state index contributed by atoms with van der Waals surface area (Å²) in [5.41, 5.74) is 9.09. The summed E-state index contributed by atoms with van der Waals surface area (Å²) >= 11 is 0. The van der Waals surface area contributed by atoms with E-state index < -0.39 is 6.67 Å². The van der Waals surface area contributed by atoms with Gasteiger partial charge in [0.15, 0.2) is 0 Å². The van der Waals surface area contributed by atoms with Crippen molar-refractivity contribution in [2.45, 2.75) is 53.1 Å². The van der Waals surface area contributed by atoms with E-state index in [-0.39, 0.29) is 5.92 Å². The van der Waals surface area contributed by atoms with Gasteiger partial charge >= 0.3 is 0 Å². The maximum Gasteiger partial charge on any atom is 0.144 e. The highest BCUT2D eigenvalue weighted by Gasteiger charge is 2.24. The van der Waals surface area contributed by atoms with Gasteiger partial charge in [0.25, 0.3) is 0 Å². The third-order valence-corrected chi connectivity index (χ3v) is 6.81. The highest BCUT2D eigenvalue weighted by atomic mass is 19.1. The van der Waals surface area contributed by atoms with Crippen molar-refractivity contribution in [1.82, 2.24) is 15.3 Å². The van der Waals surface area contributed by atoms with Gasteiger partial charge in [-0.2, -0.15) is 0 Å². The van der Waals surface area contributed by atoms with E-state index in [1.807, 2.05) is 6.92 Å². The molecular weight excluding hydrogens is 453 g/mol. The molecule has 1 aromatic heterocycles. The number of halogens is 1. The Morgan fingerprint density at radius 3 is 2.67 bits per heavy atom. The Bertz CT molecular complexity index is 1300. The average molecular weight is 488 g/mol. The van der Waals surface area contributed by atoms with Crippen molar-refractivity contribution in [2.75, 3.05) is 31.3 Å². The van der Waals surface area contributed by atoms with Gasteiger partial charge in [0.2, 0.25) is 0 Å². The predicted molar refractivity (Wildman–Crippen MR) is 143 cm³/mol. The number of alkyl halides is 1. The molecule has 2 aliphatic heterocycles. The van der Waals surface area contributed by atoms with E-state index in [4.69, 9.17) is 19.7 Å². The van der Waals surface area contributed by atoms with Gasteiger partial charge in [0.1, 0.15) is 30.7 Å². The van der Waals surface area contributed by atoms with Crippen LogP contribution < -0.4 is 15.0 Å². The molecule has 0 spiro atoms. The van der Waals surface area contributed by atoms with E-state index in [2.05, 4.69) is 67.4 Å². The number of nitrogens with one attached hydrogen (secondary N) is 1. The second kappa shape index (κ2) is 10.3. The van der Waals surface area contributed by atoms with E-state index >= 15 is 0 Å². The Morgan fingerprint density at radius 2 is 1.86 bits per heavy atom. The lowest BCUT2D eigenvalue weighted by molar-refractivity contribution is 0.331. The Morgan fingerprint density at radius 1 is 1.06 bits per heavy atom. The third-order valence-electron chi connectivity index (χ3n) is 6.81. The van der Waals surface area contributed by atoms with Crippen LogP contribution in [0.3, 0.4) is 0 Å². The van der Waals surface area contributed by atoms with E-state index in [0.717, 1.165) is 63.9 Å². The van der Waals surface area contributed by atoms with Crippen LogP contribution in [0.5, 0.6) is 5.75 Å². The Hall–Kier alpha value is -3.32. The first-order valence-corrected chi connectivity index (χ1v) is 12.7. The minimum Gasteiger partial charge on any atom is -0.491 e. The summed E-state index contributed by atoms with van der Waals surface area (Å²) in [6.07, 6.45) is 0.935. The second-order valence-electron chi connectivity index (χ2n) is 9.94. The van der Waals surface area contributed by atoms with Crippen molar-refractivity contribution in [3.63, 3.8) is 0 Å². The maximum absolute atomic E-state index is 12.6. The monoisotopic (exact) mass is 487 g/mol. The lowest BCUT2D eigenvalue weighted by Gasteiger charge is -2.27. The number of ether oxygens (including phenoxy) is 1. The normalized spacial score (nSPS) is 14.8. The summed E-state index contributed by atoms with van der Waals surface area (Å²) in [5.74, 6) is 2.82. The van der Waals surface area contributed by atoms with Gasteiger partial charge in [-0.15, -0.1) is 0 Å². The van der Waals surface area contributed by atoms with Crippen LogP contribution in [0.4, 0.5) is 15.9 Å². The highest BCUT2D eigenvalue weighted by Crippen LogP contribution is 2.36. The van der Waals surface area contributed by atoms with E-state index in [9.17, 15) is 4.39 Å². The van der Waals surface area contributed by atoms with Crippen molar-refractivity contribution in [2.24, 2.45) is 4.99 Å². The molecule has 7 heteroatoms. The molecule has 0 aliphatic carbocycles. The van der Waals surface area contributed by atoms with Gasteiger partial charge in [-0.05, 0) is 54.7 Å². The summed E-state index contributed by atoms with van der Waals surface area (Å²) in [6, 6.07) is 13.0. The van der Waals surface area contributed by atoms with Crippen LogP contribution in [0.15, 0.2) is 41.4 Å². The molecular formula is C29H34FN5O. The second-order valence-corrected chi connectivity index (χ2v) is 9.94. The van der Waals surface area contributed by atoms with E-state index in [1.165, 1.54) is 5.56 Å². The summed E-state index contributed by atoms with van der Waals surface area (Å²) in [7, 11) is 0. The van der Waals surface area contributed by atoms with Crippen LogP contribution in [0.1, 0.15) is 54.9 Å². The molecule has 6 nitrogen and oxygen atoms in total. The average Bonchev–Trinajstić information content (AvgIpc) is 3.09. The Kier molecular flexibility index (Phi) is 7.01. The van der Waals surface area contributed by atoms with Crippen LogP contribution in [0, 0.1) is 6.92 Å². The van der Waals surface area contributed by atoms with Crippen molar-refractivity contribution >= 4 is 17.2 Å². The molecule has 2 aliphatic rings. The lowest BCUT2D eigenvalue weighted by Crippen LogP contribution is -2.29. The number of aromatic nitrogens is 2. The van der Waals surface area contributed by atoms with Gasteiger partial charge in [-0.3, -0.25) is 4.99 Å². The van der Waals surface area contributed by atoms with Crippen molar-refractivity contribution in [3.05, 3.63) is 64.6 Å². The third kappa shape index (κ3) is 4.98. The number of hydrogen-bond acceptors (Lipinski definition) is 6. The van der Waals surface area contributed by atoms with Crippen molar-refractivity contribution < 1.29 is 9.13 Å². The Labute approximate surface area is 212 Å². The number of benzene rings is 2. The van der Waals surface area contributed by atoms with Crippen LogP contribution in [-0.2, 0) is 19.5 Å². The topological polar surface area (TPSA) is 62.6 Å². The van der Waals surface area contributed by atoms with Gasteiger partial charge in [-0.25, -0.2) is 14.4 Å². The summed E-state index contributed by atoms with van der Waals surface area (Å²) in [5, 5.41) is 3.08. The number of aryl methyl sites for hydroxylation is 1. The van der Waals surface area contributed by atoms with Crippen LogP contribution >= 0.6 is 0 Å². The molecule has 0 atom stereocenters. The number of nitrogens with zero attached hydrogens (tertiary/aromatic N) is 4. The van der Waals surface area contributed by atoms with Crippen molar-refractivity contribution in [1.29, 1.82) is 0 Å². The van der Waals surface area contributed by atoms with Crippen molar-refractivity contribution in [3.8, 4) is 16.9 Å². The summed E-state index contributed by atoms with van der Waals surface area (Å²) < 4.78 is 18.8. The zero-order valence-corrected chi connectivity index (χ0v) is 21.6. The van der Waals surface area contributed by atoms with E-state index in [0.29, 0.717) is 32.1 Å². The summed E-state index contributed by atoms with van der Waals surface area (Å²) in [6.45, 7) is 10.8. The van der Waals surface area contributed by atoms with Gasteiger partial charge in [-0.1, -0.05) is 32.0 Å². The molecule has 36 heavy (non-hydrogen) atoms. The quantitative estimate of drug-likeness (QED) is 0.434. The lowest BCUT2D eigenvalue weighted by atomic mass is 9.99. The van der Waals surface area contributed by atoms with E-state index in [1.54, 1.807) is 0 Å². The molecule has 0 saturated carbocycles. The fourth-order valence-corrected chi connectivity index (χ4v) is 5.16. The van der Waals surface area contributed by atoms with Crippen LogP contribution in [0.2, 0.25) is 0 Å². The molecule has 0 radical (unpaired) electrons. The van der Waals surface area contributed by atoms with Gasteiger partial charge < -0.3 is 15.0 Å². The predicted octanol–water partition coefficient (Wildman–Crippen LogP) is 5.68. The molecule has 1 N–H and O–H groups in total. The molecule has 188 valence electrons.